The van der Waals surface area contributed by atoms with E-state index in [-0.39, 0.29) is 0 Å². The SMILES string of the molecule is CCN1CCCC1CNc1snc(N)c1OC. The van der Waals surface area contributed by atoms with Gasteiger partial charge in [-0.3, -0.25) is 4.90 Å². The number of likely N-dealkylation sites (N-methyl/N-ethyl adjacent to an activating group) is 1. The van der Waals surface area contributed by atoms with Crippen molar-refractivity contribution in [2.24, 2.45) is 0 Å². The number of nitrogens with two attached hydrogens (primary N) is 1. The van der Waals surface area contributed by atoms with Gasteiger partial charge in [-0.1, -0.05) is 6.92 Å². The van der Waals surface area contributed by atoms with E-state index in [2.05, 4.69) is 21.5 Å². The first kappa shape index (κ1) is 12.4. The molecule has 1 aliphatic heterocycles. The number of anilines is 2. The number of hydrogen-bond acceptors (Lipinski definition) is 6. The highest BCUT2D eigenvalue weighted by molar-refractivity contribution is 7.11. The molecule has 1 atom stereocenters. The van der Waals surface area contributed by atoms with Crippen molar-refractivity contribution in [1.29, 1.82) is 0 Å². The second-order valence-electron chi connectivity index (χ2n) is 4.24. The molecular weight excluding hydrogens is 236 g/mol. The number of nitrogens with one attached hydrogen (secondary N) is 1. The normalized spacial score (nSPS) is 20.7. The Bertz CT molecular complexity index is 368. The minimum Gasteiger partial charge on any atom is -0.490 e. The summed E-state index contributed by atoms with van der Waals surface area (Å²) in [5.74, 6) is 1.15. The number of rotatable bonds is 5. The van der Waals surface area contributed by atoms with Crippen molar-refractivity contribution in [2.45, 2.75) is 25.8 Å². The predicted octanol–water partition coefficient (Wildman–Crippen LogP) is 1.63. The van der Waals surface area contributed by atoms with E-state index in [0.29, 0.717) is 17.6 Å². The Labute approximate surface area is 106 Å². The monoisotopic (exact) mass is 256 g/mol. The molecule has 1 fully saturated rings. The third-order valence-electron chi connectivity index (χ3n) is 3.28. The first-order chi connectivity index (χ1) is 8.26. The molecule has 1 aliphatic rings. The Morgan fingerprint density at radius 2 is 2.47 bits per heavy atom. The second-order valence-corrected chi connectivity index (χ2v) is 5.01. The van der Waals surface area contributed by atoms with Crippen LogP contribution in [-0.4, -0.2) is 42.1 Å². The van der Waals surface area contributed by atoms with E-state index in [1.165, 1.54) is 30.9 Å². The lowest BCUT2D eigenvalue weighted by atomic mass is 10.2. The summed E-state index contributed by atoms with van der Waals surface area (Å²) in [6.07, 6.45) is 2.56. The summed E-state index contributed by atoms with van der Waals surface area (Å²) in [7, 11) is 1.62. The molecule has 1 aromatic rings. The van der Waals surface area contributed by atoms with E-state index in [0.717, 1.165) is 18.1 Å². The van der Waals surface area contributed by atoms with Crippen molar-refractivity contribution < 1.29 is 4.74 Å². The number of likely N-dealkylation sites (tertiary alicyclic amines) is 1. The molecule has 2 heterocycles. The molecule has 96 valence electrons. The Balaban J connectivity index is 1.93. The van der Waals surface area contributed by atoms with Crippen LogP contribution in [0.15, 0.2) is 0 Å². The summed E-state index contributed by atoms with van der Waals surface area (Å²) in [6.45, 7) is 5.48. The van der Waals surface area contributed by atoms with Gasteiger partial charge in [0, 0.05) is 12.6 Å². The molecule has 0 spiro atoms. The maximum absolute atomic E-state index is 5.71. The van der Waals surface area contributed by atoms with Gasteiger partial charge in [0.25, 0.3) is 0 Å². The third-order valence-corrected chi connectivity index (χ3v) is 4.08. The molecule has 1 aromatic heterocycles. The molecule has 3 N–H and O–H groups in total. The molecule has 6 heteroatoms. The maximum Gasteiger partial charge on any atom is 0.197 e. The fraction of sp³-hybridized carbons (Fsp3) is 0.727. The number of aromatic nitrogens is 1. The van der Waals surface area contributed by atoms with Gasteiger partial charge in [-0.15, -0.1) is 0 Å². The molecule has 0 aliphatic carbocycles. The van der Waals surface area contributed by atoms with Gasteiger partial charge in [0.05, 0.1) is 7.11 Å². The summed E-state index contributed by atoms with van der Waals surface area (Å²) < 4.78 is 9.32. The zero-order valence-corrected chi connectivity index (χ0v) is 11.2. The van der Waals surface area contributed by atoms with Crippen molar-refractivity contribution in [1.82, 2.24) is 9.27 Å². The number of nitrogen functional groups attached to an aromatic ring is 1. The highest BCUT2D eigenvalue weighted by Crippen LogP contribution is 2.34. The molecule has 1 unspecified atom stereocenters. The van der Waals surface area contributed by atoms with Gasteiger partial charge >= 0.3 is 0 Å². The van der Waals surface area contributed by atoms with Gasteiger partial charge in [0.15, 0.2) is 16.6 Å². The van der Waals surface area contributed by atoms with Crippen LogP contribution in [0.4, 0.5) is 10.8 Å². The molecule has 17 heavy (non-hydrogen) atoms. The predicted molar refractivity (Wildman–Crippen MR) is 71.8 cm³/mol. The smallest absolute Gasteiger partial charge is 0.197 e. The van der Waals surface area contributed by atoms with Crippen molar-refractivity contribution in [2.75, 3.05) is 37.8 Å². The minimum absolute atomic E-state index is 0.471. The summed E-state index contributed by atoms with van der Waals surface area (Å²) in [5, 5.41) is 4.34. The summed E-state index contributed by atoms with van der Waals surface area (Å²) in [4.78, 5) is 2.50. The van der Waals surface area contributed by atoms with E-state index in [1.807, 2.05) is 0 Å². The summed E-state index contributed by atoms with van der Waals surface area (Å²) in [5.41, 5.74) is 5.71. The van der Waals surface area contributed by atoms with E-state index >= 15 is 0 Å². The Hall–Kier alpha value is -1.01. The molecule has 1 saturated heterocycles. The molecule has 0 aromatic carbocycles. The zero-order chi connectivity index (χ0) is 12.3. The summed E-state index contributed by atoms with van der Waals surface area (Å²) >= 11 is 1.36. The molecule has 0 saturated carbocycles. The van der Waals surface area contributed by atoms with Gasteiger partial charge in [-0.05, 0) is 37.5 Å². The van der Waals surface area contributed by atoms with Crippen LogP contribution < -0.4 is 15.8 Å². The zero-order valence-electron chi connectivity index (χ0n) is 10.4. The molecule has 5 nitrogen and oxygen atoms in total. The van der Waals surface area contributed by atoms with Gasteiger partial charge in [-0.2, -0.15) is 4.37 Å². The minimum atomic E-state index is 0.471. The quantitative estimate of drug-likeness (QED) is 0.838. The molecule has 0 amide bonds. The third kappa shape index (κ3) is 2.63. The number of nitrogens with zero attached hydrogens (tertiary/aromatic N) is 2. The van der Waals surface area contributed by atoms with E-state index in [9.17, 15) is 0 Å². The van der Waals surface area contributed by atoms with Crippen LogP contribution in [0.5, 0.6) is 5.75 Å². The maximum atomic E-state index is 5.71. The summed E-state index contributed by atoms with van der Waals surface area (Å²) in [6, 6.07) is 0.619. The van der Waals surface area contributed by atoms with E-state index < -0.39 is 0 Å². The number of hydrogen-bond donors (Lipinski definition) is 2. The van der Waals surface area contributed by atoms with Crippen molar-refractivity contribution >= 4 is 22.4 Å². The first-order valence-corrected chi connectivity index (χ1v) is 6.80. The van der Waals surface area contributed by atoms with Crippen LogP contribution in [0.2, 0.25) is 0 Å². The molecule has 0 radical (unpaired) electrons. The average molecular weight is 256 g/mol. The Kier molecular flexibility index (Phi) is 4.06. The van der Waals surface area contributed by atoms with Crippen LogP contribution >= 0.6 is 11.5 Å². The van der Waals surface area contributed by atoms with E-state index in [4.69, 9.17) is 10.5 Å². The van der Waals surface area contributed by atoms with Crippen LogP contribution in [0.25, 0.3) is 0 Å². The van der Waals surface area contributed by atoms with Crippen molar-refractivity contribution in [3.05, 3.63) is 0 Å². The largest absolute Gasteiger partial charge is 0.490 e. The van der Waals surface area contributed by atoms with Crippen LogP contribution in [0, 0.1) is 0 Å². The van der Waals surface area contributed by atoms with Gasteiger partial charge in [-0.25, -0.2) is 0 Å². The number of methoxy groups -OCH3 is 1. The van der Waals surface area contributed by atoms with Crippen molar-refractivity contribution in [3.63, 3.8) is 0 Å². The highest BCUT2D eigenvalue weighted by Gasteiger charge is 2.23. The van der Waals surface area contributed by atoms with Gasteiger partial charge in [0.2, 0.25) is 0 Å². The lowest BCUT2D eigenvalue weighted by molar-refractivity contribution is 0.277. The van der Waals surface area contributed by atoms with E-state index in [1.54, 1.807) is 7.11 Å². The van der Waals surface area contributed by atoms with Crippen LogP contribution in [0.3, 0.4) is 0 Å². The van der Waals surface area contributed by atoms with Crippen LogP contribution in [-0.2, 0) is 0 Å². The lowest BCUT2D eigenvalue weighted by Gasteiger charge is -2.23. The first-order valence-electron chi connectivity index (χ1n) is 6.03. The fourth-order valence-corrected chi connectivity index (χ4v) is 3.05. The standard InChI is InChI=1S/C11H20N4OS/c1-3-15-6-4-5-8(15)7-13-11-9(16-2)10(12)14-17-11/h8,13H,3-7H2,1-2H3,(H2,12,14). The number of ether oxygens (including phenoxy) is 1. The molecule has 0 bridgehead atoms. The molecule has 2 rings (SSSR count). The van der Waals surface area contributed by atoms with Crippen LogP contribution in [0.1, 0.15) is 19.8 Å². The fourth-order valence-electron chi connectivity index (χ4n) is 2.36. The Morgan fingerprint density at radius 1 is 1.65 bits per heavy atom. The second kappa shape index (κ2) is 5.55. The lowest BCUT2D eigenvalue weighted by Crippen LogP contribution is -2.34. The highest BCUT2D eigenvalue weighted by atomic mass is 32.1. The Morgan fingerprint density at radius 3 is 3.18 bits per heavy atom. The van der Waals surface area contributed by atoms with Gasteiger partial charge < -0.3 is 15.8 Å². The van der Waals surface area contributed by atoms with Crippen molar-refractivity contribution in [3.8, 4) is 5.75 Å². The van der Waals surface area contributed by atoms with Gasteiger partial charge in [0.1, 0.15) is 0 Å². The molecular formula is C11H20N4OS. The topological polar surface area (TPSA) is 63.4 Å². The average Bonchev–Trinajstić information content (AvgIpc) is 2.92.